The zero-order valence-electron chi connectivity index (χ0n) is 22.6. The number of rotatable bonds is 1. The molecule has 0 spiro atoms. The van der Waals surface area contributed by atoms with Gasteiger partial charge in [-0.2, -0.15) is 0 Å². The van der Waals surface area contributed by atoms with Gasteiger partial charge in [0.15, 0.2) is 0 Å². The normalized spacial score (nSPS) is 21.5. The van der Waals surface area contributed by atoms with E-state index in [9.17, 15) is 4.79 Å². The predicted molar refractivity (Wildman–Crippen MR) is 155 cm³/mol. The maximum absolute atomic E-state index is 13.5. The van der Waals surface area contributed by atoms with Crippen molar-refractivity contribution in [2.75, 3.05) is 16.8 Å². The molecule has 0 saturated carbocycles. The van der Waals surface area contributed by atoms with Gasteiger partial charge in [0, 0.05) is 46.4 Å². The summed E-state index contributed by atoms with van der Waals surface area (Å²) in [5.41, 5.74) is 2.18. The molecule has 4 bridgehead atoms. The van der Waals surface area contributed by atoms with Crippen LogP contribution in [0.5, 0.6) is 0 Å². The zero-order valence-corrected chi connectivity index (χ0v) is 24.2. The molecular formula is C29H35ClN6OS. The Hall–Kier alpha value is -2.84. The molecule has 5 heterocycles. The van der Waals surface area contributed by atoms with Gasteiger partial charge in [0.25, 0.3) is 5.91 Å². The Morgan fingerprint density at radius 2 is 1.92 bits per heavy atom. The van der Waals surface area contributed by atoms with Gasteiger partial charge in [0.1, 0.15) is 16.7 Å². The summed E-state index contributed by atoms with van der Waals surface area (Å²) in [6.07, 6.45) is 4.62. The average Bonchev–Trinajstić information content (AvgIpc) is 3.17. The summed E-state index contributed by atoms with van der Waals surface area (Å²) >= 11 is 7.54. The molecule has 1 fully saturated rings. The van der Waals surface area contributed by atoms with Crippen LogP contribution in [-0.2, 0) is 5.41 Å². The molecule has 2 N–H and O–H groups in total. The highest BCUT2D eigenvalue weighted by molar-refractivity contribution is 7.97. The van der Waals surface area contributed by atoms with E-state index in [-0.39, 0.29) is 22.9 Å². The summed E-state index contributed by atoms with van der Waals surface area (Å²) < 4.78 is 3.00. The Kier molecular flexibility index (Phi) is 7.31. The first-order valence-electron chi connectivity index (χ1n) is 13.1. The van der Waals surface area contributed by atoms with Crippen LogP contribution >= 0.6 is 23.5 Å². The second-order valence-electron chi connectivity index (χ2n) is 11.9. The number of anilines is 2. The van der Waals surface area contributed by atoms with E-state index < -0.39 is 0 Å². The Morgan fingerprint density at radius 1 is 1.11 bits per heavy atom. The summed E-state index contributed by atoms with van der Waals surface area (Å²) in [6.45, 7) is 11.8. The molecule has 38 heavy (non-hydrogen) atoms. The Bertz CT molecular complexity index is 1340. The molecule has 3 aromatic rings. The van der Waals surface area contributed by atoms with E-state index in [0.717, 1.165) is 48.8 Å². The van der Waals surface area contributed by atoms with E-state index in [4.69, 9.17) is 21.6 Å². The van der Waals surface area contributed by atoms with Crippen molar-refractivity contribution in [3.05, 3.63) is 70.6 Å². The van der Waals surface area contributed by atoms with E-state index in [1.807, 2.05) is 36.4 Å². The highest BCUT2D eigenvalue weighted by Crippen LogP contribution is 2.41. The molecule has 1 saturated heterocycles. The van der Waals surface area contributed by atoms with Gasteiger partial charge in [-0.05, 0) is 75.4 Å². The molecule has 2 aliphatic heterocycles. The monoisotopic (exact) mass is 550 g/mol. The van der Waals surface area contributed by atoms with E-state index >= 15 is 0 Å². The van der Waals surface area contributed by atoms with Gasteiger partial charge in [-0.1, -0.05) is 38.4 Å². The van der Waals surface area contributed by atoms with Crippen molar-refractivity contribution in [1.29, 1.82) is 0 Å². The minimum atomic E-state index is -0.173. The number of aromatic nitrogens is 3. The maximum Gasteiger partial charge on any atom is 0.265 e. The fourth-order valence-electron chi connectivity index (χ4n) is 5.39. The second kappa shape index (κ2) is 10.4. The molecule has 0 aliphatic carbocycles. The molecule has 1 amide bonds. The number of hydrogen-bond donors (Lipinski definition) is 2. The molecule has 7 nitrogen and oxygen atoms in total. The predicted octanol–water partition coefficient (Wildman–Crippen LogP) is 6.81. The SMILES string of the molecule is CC(C)(C)c1ccc2c(n1)N1C[C@@H](CCC(c3cc(Cl)ccn3)Nc3cccc(n3)SNC2=O)CC1(C)C. The minimum absolute atomic E-state index is 0.0452. The third-order valence-electron chi connectivity index (χ3n) is 7.36. The number of fused-ring (bicyclic) bond motifs is 6. The summed E-state index contributed by atoms with van der Waals surface area (Å²) in [4.78, 5) is 30.3. The Balaban J connectivity index is 1.56. The van der Waals surface area contributed by atoms with E-state index in [0.29, 0.717) is 21.5 Å². The van der Waals surface area contributed by atoms with Crippen molar-refractivity contribution in [3.63, 3.8) is 0 Å². The number of hydrogen-bond acceptors (Lipinski definition) is 7. The number of carbonyl (C=O) groups is 1. The van der Waals surface area contributed by atoms with Crippen molar-refractivity contribution in [1.82, 2.24) is 19.7 Å². The van der Waals surface area contributed by atoms with E-state index in [1.165, 1.54) is 11.9 Å². The number of pyridine rings is 3. The van der Waals surface area contributed by atoms with Crippen molar-refractivity contribution < 1.29 is 4.79 Å². The highest BCUT2D eigenvalue weighted by atomic mass is 35.5. The van der Waals surface area contributed by atoms with Gasteiger partial charge in [0.05, 0.1) is 17.3 Å². The van der Waals surface area contributed by atoms with Crippen LogP contribution in [-0.4, -0.2) is 32.9 Å². The summed E-state index contributed by atoms with van der Waals surface area (Å²) in [6, 6.07) is 13.3. The summed E-state index contributed by atoms with van der Waals surface area (Å²) in [5.74, 6) is 1.75. The van der Waals surface area contributed by atoms with Crippen LogP contribution in [0.2, 0.25) is 5.02 Å². The summed E-state index contributed by atoms with van der Waals surface area (Å²) in [5, 5.41) is 4.94. The van der Waals surface area contributed by atoms with Gasteiger partial charge < -0.3 is 10.2 Å². The van der Waals surface area contributed by atoms with Crippen LogP contribution in [0.1, 0.15) is 81.7 Å². The van der Waals surface area contributed by atoms with Gasteiger partial charge in [0.2, 0.25) is 0 Å². The molecule has 2 aliphatic rings. The fourth-order valence-corrected chi connectivity index (χ4v) is 6.16. The van der Waals surface area contributed by atoms with Crippen molar-refractivity contribution in [3.8, 4) is 0 Å². The second-order valence-corrected chi connectivity index (χ2v) is 13.1. The first-order chi connectivity index (χ1) is 18.0. The average molecular weight is 551 g/mol. The zero-order chi connectivity index (χ0) is 27.1. The fraction of sp³-hybridized carbons (Fsp3) is 0.448. The van der Waals surface area contributed by atoms with Gasteiger partial charge in [-0.3, -0.25) is 14.5 Å². The van der Waals surface area contributed by atoms with Crippen molar-refractivity contribution in [2.24, 2.45) is 5.92 Å². The third-order valence-corrected chi connectivity index (χ3v) is 8.32. The molecule has 1 unspecified atom stereocenters. The Morgan fingerprint density at radius 3 is 2.68 bits per heavy atom. The van der Waals surface area contributed by atoms with E-state index in [1.54, 1.807) is 12.3 Å². The molecule has 0 radical (unpaired) electrons. The van der Waals surface area contributed by atoms with Crippen LogP contribution in [0.3, 0.4) is 0 Å². The smallest absolute Gasteiger partial charge is 0.265 e. The van der Waals surface area contributed by atoms with Gasteiger partial charge in [-0.25, -0.2) is 9.97 Å². The van der Waals surface area contributed by atoms with Crippen LogP contribution in [0, 0.1) is 5.92 Å². The first-order valence-corrected chi connectivity index (χ1v) is 14.3. The summed E-state index contributed by atoms with van der Waals surface area (Å²) in [7, 11) is 0. The standard InChI is InChI=1S/C29H35ClN6OS/c1-28(2,3)23-12-10-20-26(33-23)36-17-18(16-29(36,4)5)9-11-21(22-15-19(30)13-14-31-22)32-24-7-6-8-25(34-24)38-35-27(20)37/h6-8,10,12-15,18,21H,9,11,16-17H2,1-5H3,(H,32,34)(H,35,37)/t18-,21?/m0/s1. The van der Waals surface area contributed by atoms with E-state index in [2.05, 4.69) is 54.5 Å². The van der Waals surface area contributed by atoms with Crippen molar-refractivity contribution in [2.45, 2.75) is 75.9 Å². The quantitative estimate of drug-likeness (QED) is 0.322. The molecule has 3 aromatic heterocycles. The number of amides is 1. The molecule has 0 aromatic carbocycles. The lowest BCUT2D eigenvalue weighted by molar-refractivity contribution is 0.0984. The van der Waals surface area contributed by atoms with Gasteiger partial charge in [-0.15, -0.1) is 0 Å². The lowest BCUT2D eigenvalue weighted by atomic mass is 9.90. The molecule has 200 valence electrons. The largest absolute Gasteiger partial charge is 0.362 e. The van der Waals surface area contributed by atoms with Gasteiger partial charge >= 0.3 is 0 Å². The topological polar surface area (TPSA) is 83.0 Å². The van der Waals surface area contributed by atoms with Crippen LogP contribution in [0.15, 0.2) is 53.7 Å². The molecular weight excluding hydrogens is 516 g/mol. The Labute approximate surface area is 234 Å². The van der Waals surface area contributed by atoms with Crippen LogP contribution in [0.4, 0.5) is 11.6 Å². The molecule has 9 heteroatoms. The molecule has 2 atom stereocenters. The third kappa shape index (κ3) is 5.76. The van der Waals surface area contributed by atoms with Crippen LogP contribution in [0.25, 0.3) is 0 Å². The maximum atomic E-state index is 13.5. The molecule has 5 rings (SSSR count). The first kappa shape index (κ1) is 26.8. The number of nitrogens with one attached hydrogen (secondary N) is 2. The number of halogens is 1. The van der Waals surface area contributed by atoms with Crippen molar-refractivity contribution >= 4 is 41.1 Å². The van der Waals surface area contributed by atoms with Crippen LogP contribution < -0.4 is 14.9 Å². The lowest BCUT2D eigenvalue weighted by Gasteiger charge is -2.34. The highest BCUT2D eigenvalue weighted by Gasteiger charge is 2.41. The minimum Gasteiger partial charge on any atom is -0.362 e. The number of carbonyl (C=O) groups excluding carboxylic acids is 1. The number of nitrogens with zero attached hydrogens (tertiary/aromatic N) is 4. The lowest BCUT2D eigenvalue weighted by Crippen LogP contribution is -2.40.